The Hall–Kier alpha value is -2.32. The van der Waals surface area contributed by atoms with Gasteiger partial charge in [0.2, 0.25) is 0 Å². The summed E-state index contributed by atoms with van der Waals surface area (Å²) in [7, 11) is 1.28. The number of carbonyl (C=O) groups is 1. The first-order valence-corrected chi connectivity index (χ1v) is 22.8. The van der Waals surface area contributed by atoms with E-state index < -0.39 is 19.9 Å². The number of phosphoric acid groups is 1. The average Bonchev–Trinajstić information content (AvgIpc) is 3.13. The Balaban J connectivity index is 4.39. The molecular weight excluding hydrogens is 709 g/mol. The van der Waals surface area contributed by atoms with Crippen molar-refractivity contribution < 1.29 is 37.3 Å². The van der Waals surface area contributed by atoms with Crippen LogP contribution in [-0.2, 0) is 27.9 Å². The molecule has 0 saturated heterocycles. The lowest BCUT2D eigenvalue weighted by Crippen LogP contribution is -2.37. The van der Waals surface area contributed by atoms with Crippen LogP contribution in [0.1, 0.15) is 142 Å². The molecule has 0 heterocycles. The van der Waals surface area contributed by atoms with Crippen LogP contribution >= 0.6 is 7.82 Å². The van der Waals surface area contributed by atoms with Crippen LogP contribution in [0.4, 0.5) is 0 Å². The van der Waals surface area contributed by atoms with E-state index in [2.05, 4.69) is 86.8 Å². The van der Waals surface area contributed by atoms with Crippen molar-refractivity contribution in [3.8, 4) is 0 Å². The molecule has 0 N–H and O–H groups in total. The number of unbranched alkanes of at least 4 members (excludes halogenated alkanes) is 11. The fourth-order valence-electron chi connectivity index (χ4n) is 5.18. The van der Waals surface area contributed by atoms with Gasteiger partial charge in [-0.25, -0.2) is 0 Å². The van der Waals surface area contributed by atoms with Gasteiger partial charge in [-0.05, 0) is 70.6 Å². The number of likely N-dealkylation sites (N-methyl/N-ethyl adjacent to an activating group) is 1. The molecule has 0 aromatic carbocycles. The zero-order chi connectivity index (χ0) is 40.6. The maximum atomic E-state index is 12.6. The first kappa shape index (κ1) is 52.7. The van der Waals surface area contributed by atoms with Gasteiger partial charge >= 0.3 is 5.97 Å². The van der Waals surface area contributed by atoms with Crippen LogP contribution in [-0.4, -0.2) is 70.7 Å². The predicted molar refractivity (Wildman–Crippen MR) is 231 cm³/mol. The van der Waals surface area contributed by atoms with E-state index in [0.717, 1.165) is 51.4 Å². The van der Waals surface area contributed by atoms with Gasteiger partial charge in [0.25, 0.3) is 7.82 Å². The number of esters is 1. The quantitative estimate of drug-likeness (QED) is 0.0202. The highest BCUT2D eigenvalue weighted by atomic mass is 31.2. The zero-order valence-corrected chi connectivity index (χ0v) is 36.5. The number of ether oxygens (including phenoxy) is 2. The third kappa shape index (κ3) is 42.7. The van der Waals surface area contributed by atoms with Crippen LogP contribution in [0.5, 0.6) is 0 Å². The largest absolute Gasteiger partial charge is 0.756 e. The van der Waals surface area contributed by atoms with Gasteiger partial charge in [-0.1, -0.05) is 150 Å². The van der Waals surface area contributed by atoms with Gasteiger partial charge in [-0.15, -0.1) is 0 Å². The minimum Gasteiger partial charge on any atom is -0.756 e. The van der Waals surface area contributed by atoms with Gasteiger partial charge in [0.05, 0.1) is 40.8 Å². The summed E-state index contributed by atoms with van der Waals surface area (Å²) in [6.07, 6.45) is 50.5. The van der Waals surface area contributed by atoms with Gasteiger partial charge < -0.3 is 27.9 Å². The molecule has 316 valence electrons. The molecule has 0 aliphatic heterocycles. The second kappa shape index (κ2) is 38.5. The molecule has 0 bridgehead atoms. The van der Waals surface area contributed by atoms with Crippen molar-refractivity contribution in [2.45, 2.75) is 148 Å². The maximum absolute atomic E-state index is 12.6. The van der Waals surface area contributed by atoms with Crippen LogP contribution in [0.25, 0.3) is 0 Å². The van der Waals surface area contributed by atoms with E-state index in [1.165, 1.54) is 64.2 Å². The minimum atomic E-state index is -4.55. The molecule has 0 fully saturated rings. The summed E-state index contributed by atoms with van der Waals surface area (Å²) in [4.78, 5) is 25.0. The van der Waals surface area contributed by atoms with Crippen LogP contribution < -0.4 is 4.89 Å². The molecule has 9 heteroatoms. The minimum absolute atomic E-state index is 0.00398. The van der Waals surface area contributed by atoms with Crippen LogP contribution in [0.2, 0.25) is 0 Å². The smallest absolute Gasteiger partial charge is 0.310 e. The Kier molecular flexibility index (Phi) is 36.9. The summed E-state index contributed by atoms with van der Waals surface area (Å²) in [6, 6.07) is 0. The van der Waals surface area contributed by atoms with Crippen molar-refractivity contribution in [2.75, 3.05) is 54.1 Å². The van der Waals surface area contributed by atoms with Crippen molar-refractivity contribution >= 4 is 13.8 Å². The molecule has 0 aromatic rings. The molecule has 55 heavy (non-hydrogen) atoms. The van der Waals surface area contributed by atoms with Gasteiger partial charge in [0.15, 0.2) is 0 Å². The summed E-state index contributed by atoms with van der Waals surface area (Å²) in [5.41, 5.74) is 0. The zero-order valence-electron chi connectivity index (χ0n) is 35.6. The molecule has 0 radical (unpaired) electrons. The highest BCUT2D eigenvalue weighted by molar-refractivity contribution is 7.45. The molecule has 8 nitrogen and oxygen atoms in total. The molecule has 0 saturated carbocycles. The van der Waals surface area contributed by atoms with E-state index >= 15 is 0 Å². The molecule has 0 aliphatic rings. The number of allylic oxidation sites excluding steroid dienone is 13. The Morgan fingerprint density at radius 2 is 1.05 bits per heavy atom. The number of hydrogen-bond donors (Lipinski definition) is 0. The van der Waals surface area contributed by atoms with E-state index in [1.807, 2.05) is 27.2 Å². The van der Waals surface area contributed by atoms with Crippen molar-refractivity contribution in [1.29, 1.82) is 0 Å². The topological polar surface area (TPSA) is 94.1 Å². The molecular formula is C46H80NO7P. The van der Waals surface area contributed by atoms with E-state index in [-0.39, 0.29) is 26.2 Å². The summed E-state index contributed by atoms with van der Waals surface area (Å²) in [5.74, 6) is -0.466. The summed E-state index contributed by atoms with van der Waals surface area (Å²) >= 11 is 0. The average molecular weight is 790 g/mol. The van der Waals surface area contributed by atoms with Crippen LogP contribution in [0, 0.1) is 0 Å². The fourth-order valence-corrected chi connectivity index (χ4v) is 5.91. The molecule has 2 atom stereocenters. The molecule has 0 amide bonds. The number of phosphoric ester groups is 1. The Labute approximate surface area is 337 Å². The van der Waals surface area contributed by atoms with Crippen molar-refractivity contribution in [2.24, 2.45) is 0 Å². The SMILES string of the molecule is CC/C=C\C/C=C\C/C=C\C/C=C\C/C=C\CC(=O)OC(COCCCCCCCCCC/C=C\C/C=C\CCCCC)COP(=O)([O-])OCC[N+](C)(C)C. The number of hydrogen-bond acceptors (Lipinski definition) is 7. The highest BCUT2D eigenvalue weighted by Crippen LogP contribution is 2.38. The lowest BCUT2D eigenvalue weighted by Gasteiger charge is -2.28. The monoisotopic (exact) mass is 790 g/mol. The number of nitrogens with zero attached hydrogens (tertiary/aromatic N) is 1. The summed E-state index contributed by atoms with van der Waals surface area (Å²) in [6.45, 7) is 5.09. The van der Waals surface area contributed by atoms with Gasteiger partial charge in [0.1, 0.15) is 19.3 Å². The number of carbonyl (C=O) groups excluding carboxylic acids is 1. The summed E-state index contributed by atoms with van der Waals surface area (Å²) in [5, 5.41) is 0. The first-order chi connectivity index (χ1) is 26.6. The summed E-state index contributed by atoms with van der Waals surface area (Å²) < 4.78 is 34.4. The lowest BCUT2D eigenvalue weighted by molar-refractivity contribution is -0.870. The standard InChI is InChI=1S/C46H80NO7P/c1-6-8-10-12-14-16-18-20-22-23-24-26-28-30-32-34-36-38-41-51-43-45(44-53-55(49,50)52-42-40-47(3,4)5)54-46(48)39-37-35-33-31-29-27-25-21-19-17-15-13-11-9-7-2/h9,11,14-17,20-22,25,29,31,35,37,45H,6-8,10,12-13,18-19,23-24,26-28,30,32-34,36,38-44H2,1-5H3/b11-9-,16-14-,17-15-,22-20-,25-21-,31-29-,37-35-. The number of rotatable bonds is 38. The Morgan fingerprint density at radius 3 is 1.58 bits per heavy atom. The van der Waals surface area contributed by atoms with E-state index in [4.69, 9.17) is 18.5 Å². The van der Waals surface area contributed by atoms with Crippen molar-refractivity contribution in [3.63, 3.8) is 0 Å². The molecule has 2 unspecified atom stereocenters. The third-order valence-electron chi connectivity index (χ3n) is 8.46. The van der Waals surface area contributed by atoms with Gasteiger partial charge in [-0.3, -0.25) is 9.36 Å². The van der Waals surface area contributed by atoms with Gasteiger partial charge in [-0.2, -0.15) is 0 Å². The molecule has 0 aliphatic carbocycles. The third-order valence-corrected chi connectivity index (χ3v) is 9.43. The first-order valence-electron chi connectivity index (χ1n) is 21.3. The highest BCUT2D eigenvalue weighted by Gasteiger charge is 2.20. The molecule has 0 rings (SSSR count). The van der Waals surface area contributed by atoms with E-state index in [1.54, 1.807) is 6.08 Å². The number of quaternary nitrogens is 1. The fraction of sp³-hybridized carbons (Fsp3) is 0.674. The second-order valence-corrected chi connectivity index (χ2v) is 16.4. The second-order valence-electron chi connectivity index (χ2n) is 15.0. The Bertz CT molecular complexity index is 1150. The van der Waals surface area contributed by atoms with Crippen molar-refractivity contribution in [1.82, 2.24) is 0 Å². The maximum Gasteiger partial charge on any atom is 0.310 e. The van der Waals surface area contributed by atoms with Crippen molar-refractivity contribution in [3.05, 3.63) is 85.1 Å². The Morgan fingerprint density at radius 1 is 0.582 bits per heavy atom. The molecule has 0 aromatic heterocycles. The normalized spacial score (nSPS) is 14.7. The van der Waals surface area contributed by atoms with Crippen LogP contribution in [0.15, 0.2) is 85.1 Å². The molecule has 0 spiro atoms. The van der Waals surface area contributed by atoms with Gasteiger partial charge in [0, 0.05) is 6.61 Å². The van der Waals surface area contributed by atoms with Crippen LogP contribution in [0.3, 0.4) is 0 Å². The van der Waals surface area contributed by atoms with E-state index in [9.17, 15) is 14.3 Å². The lowest BCUT2D eigenvalue weighted by atomic mass is 10.1. The predicted octanol–water partition coefficient (Wildman–Crippen LogP) is 11.9. The van der Waals surface area contributed by atoms with E-state index in [0.29, 0.717) is 24.1 Å².